The third-order valence-corrected chi connectivity index (χ3v) is 6.08. The quantitative estimate of drug-likeness (QED) is 0.508. The fourth-order valence-electron chi connectivity index (χ4n) is 3.63. The zero-order valence-corrected chi connectivity index (χ0v) is 19.3. The van der Waals surface area contributed by atoms with Crippen LogP contribution < -0.4 is 15.4 Å². The van der Waals surface area contributed by atoms with Gasteiger partial charge in [-0.25, -0.2) is 9.37 Å². The van der Waals surface area contributed by atoms with Gasteiger partial charge in [0.25, 0.3) is 5.91 Å². The first-order chi connectivity index (χ1) is 16.0. The van der Waals surface area contributed by atoms with Crippen LogP contribution in [0.3, 0.4) is 0 Å². The summed E-state index contributed by atoms with van der Waals surface area (Å²) in [6, 6.07) is 5.66. The van der Waals surface area contributed by atoms with Crippen LogP contribution in [0.15, 0.2) is 29.6 Å². The molecule has 1 aromatic carbocycles. The number of carbonyl (C=O) groups is 3. The largest absolute Gasteiger partial charge is 0.483 e. The molecule has 0 saturated heterocycles. The van der Waals surface area contributed by atoms with Crippen molar-refractivity contribution in [3.05, 3.63) is 46.2 Å². The first-order valence-corrected chi connectivity index (χ1v) is 11.9. The number of esters is 1. The van der Waals surface area contributed by atoms with E-state index >= 15 is 0 Å². The summed E-state index contributed by atoms with van der Waals surface area (Å²) in [4.78, 5) is 40.7. The van der Waals surface area contributed by atoms with Gasteiger partial charge in [0.05, 0.1) is 13.0 Å². The maximum Gasteiger partial charge on any atom is 0.306 e. The molecule has 10 heteroatoms. The van der Waals surface area contributed by atoms with E-state index in [1.807, 2.05) is 0 Å². The Morgan fingerprint density at radius 2 is 1.85 bits per heavy atom. The lowest BCUT2D eigenvalue weighted by atomic mass is 9.90. The minimum Gasteiger partial charge on any atom is -0.483 e. The minimum absolute atomic E-state index is 0.0277. The van der Waals surface area contributed by atoms with E-state index in [-0.39, 0.29) is 61.4 Å². The fourth-order valence-corrected chi connectivity index (χ4v) is 4.31. The number of nitrogens with one attached hydrogen (secondary N) is 2. The Morgan fingerprint density at radius 3 is 2.58 bits per heavy atom. The van der Waals surface area contributed by atoms with Gasteiger partial charge in [0, 0.05) is 23.9 Å². The van der Waals surface area contributed by atoms with Crippen molar-refractivity contribution in [1.82, 2.24) is 15.6 Å². The molecule has 0 unspecified atom stereocenters. The van der Waals surface area contributed by atoms with Gasteiger partial charge in [0.2, 0.25) is 5.91 Å². The van der Waals surface area contributed by atoms with Crippen LogP contribution in [0, 0.1) is 5.82 Å². The van der Waals surface area contributed by atoms with E-state index in [0.29, 0.717) is 5.01 Å². The minimum atomic E-state index is -0.459. The molecule has 0 bridgehead atoms. The number of carbonyl (C=O) groups excluding carboxylic acids is 3. The van der Waals surface area contributed by atoms with Gasteiger partial charge in [-0.1, -0.05) is 25.0 Å². The number of benzene rings is 1. The molecule has 0 aliphatic heterocycles. The average molecular weight is 478 g/mol. The predicted octanol–water partition coefficient (Wildman–Crippen LogP) is 3.36. The third kappa shape index (κ3) is 7.52. The molecule has 1 aliphatic carbocycles. The van der Waals surface area contributed by atoms with E-state index in [0.717, 1.165) is 25.7 Å². The smallest absolute Gasteiger partial charge is 0.306 e. The molecule has 1 aromatic heterocycles. The van der Waals surface area contributed by atoms with Crippen molar-refractivity contribution in [3.63, 3.8) is 0 Å². The normalized spacial score (nSPS) is 17.8. The number of aromatic nitrogens is 1. The Balaban J connectivity index is 1.51. The first kappa shape index (κ1) is 24.6. The van der Waals surface area contributed by atoms with Crippen LogP contribution in [0.4, 0.5) is 4.39 Å². The molecule has 8 nitrogen and oxygen atoms in total. The number of hydrogen-bond donors (Lipinski definition) is 2. The fraction of sp³-hybridized carbons (Fsp3) is 0.478. The number of amides is 2. The molecule has 178 valence electrons. The van der Waals surface area contributed by atoms with Crippen LogP contribution in [0.2, 0.25) is 0 Å². The molecule has 2 atom stereocenters. The van der Waals surface area contributed by atoms with Gasteiger partial charge in [-0.05, 0) is 31.9 Å². The zero-order valence-electron chi connectivity index (χ0n) is 18.5. The van der Waals surface area contributed by atoms with Gasteiger partial charge in [-0.2, -0.15) is 0 Å². The monoisotopic (exact) mass is 477 g/mol. The van der Waals surface area contributed by atoms with Crippen LogP contribution >= 0.6 is 11.3 Å². The van der Waals surface area contributed by atoms with E-state index in [9.17, 15) is 18.8 Å². The van der Waals surface area contributed by atoms with Gasteiger partial charge in [0.1, 0.15) is 17.3 Å². The summed E-state index contributed by atoms with van der Waals surface area (Å²) in [7, 11) is 0. The lowest BCUT2D eigenvalue weighted by Gasteiger charge is -2.32. The Kier molecular flexibility index (Phi) is 9.17. The summed E-state index contributed by atoms with van der Waals surface area (Å²) in [5, 5.41) is 8.09. The lowest BCUT2D eigenvalue weighted by molar-refractivity contribution is -0.144. The van der Waals surface area contributed by atoms with E-state index in [2.05, 4.69) is 15.6 Å². The highest BCUT2D eigenvalue weighted by Crippen LogP contribution is 2.21. The third-order valence-electron chi connectivity index (χ3n) is 5.26. The van der Waals surface area contributed by atoms with E-state index < -0.39 is 11.8 Å². The summed E-state index contributed by atoms with van der Waals surface area (Å²) in [5.41, 5.74) is 0.255. The van der Waals surface area contributed by atoms with E-state index in [4.69, 9.17) is 9.47 Å². The van der Waals surface area contributed by atoms with Crippen LogP contribution in [-0.2, 0) is 20.9 Å². The Morgan fingerprint density at radius 1 is 1.12 bits per heavy atom. The topological polar surface area (TPSA) is 107 Å². The van der Waals surface area contributed by atoms with Crippen LogP contribution in [0.1, 0.15) is 60.9 Å². The number of nitrogens with zero attached hydrogens (tertiary/aromatic N) is 1. The van der Waals surface area contributed by atoms with Gasteiger partial charge in [-0.15, -0.1) is 11.3 Å². The summed E-state index contributed by atoms with van der Waals surface area (Å²) >= 11 is 1.26. The predicted molar refractivity (Wildman–Crippen MR) is 120 cm³/mol. The summed E-state index contributed by atoms with van der Waals surface area (Å²) in [5.74, 6) is -1.31. The molecule has 2 amide bonds. The van der Waals surface area contributed by atoms with Crippen molar-refractivity contribution in [1.29, 1.82) is 0 Å². The molecule has 0 spiro atoms. The van der Waals surface area contributed by atoms with Gasteiger partial charge < -0.3 is 20.1 Å². The molecule has 1 fully saturated rings. The summed E-state index contributed by atoms with van der Waals surface area (Å²) in [6.45, 7) is 2.06. The molecular weight excluding hydrogens is 449 g/mol. The second-order valence-corrected chi connectivity index (χ2v) is 8.63. The van der Waals surface area contributed by atoms with Crippen molar-refractivity contribution in [3.8, 4) is 5.75 Å². The molecule has 1 aliphatic rings. The van der Waals surface area contributed by atoms with Crippen LogP contribution in [0.25, 0.3) is 0 Å². The second-order valence-electron chi connectivity index (χ2n) is 7.69. The molecule has 3 rings (SSSR count). The second kappa shape index (κ2) is 12.3. The highest BCUT2D eigenvalue weighted by molar-refractivity contribution is 7.09. The molecule has 0 radical (unpaired) electrons. The number of para-hydroxylation sites is 1. The lowest BCUT2D eigenvalue weighted by Crippen LogP contribution is -2.53. The van der Waals surface area contributed by atoms with Crippen molar-refractivity contribution >= 4 is 29.1 Å². The van der Waals surface area contributed by atoms with Gasteiger partial charge >= 0.3 is 5.97 Å². The molecule has 1 saturated carbocycles. The number of thiazole rings is 1. The van der Waals surface area contributed by atoms with Gasteiger partial charge in [0.15, 0.2) is 11.6 Å². The zero-order chi connectivity index (χ0) is 23.6. The Bertz CT molecular complexity index is 967. The standard InChI is InChI=1S/C23H28FN3O5S/c1-2-31-22(29)12-11-20(28)25-16-8-4-5-9-17(16)27-23(30)18-14-33-21(26-18)13-32-19-10-6-3-7-15(19)24/h3,6-7,10,14,16-17H,2,4-5,8-9,11-13H2,1H3,(H,25,28)(H,27,30)/t16-,17+/m0/s1. The van der Waals surface area contributed by atoms with E-state index in [1.165, 1.54) is 23.5 Å². The first-order valence-electron chi connectivity index (χ1n) is 11.0. The molecule has 33 heavy (non-hydrogen) atoms. The molecule has 1 heterocycles. The number of hydrogen-bond acceptors (Lipinski definition) is 7. The van der Waals surface area contributed by atoms with Gasteiger partial charge in [-0.3, -0.25) is 14.4 Å². The van der Waals surface area contributed by atoms with Crippen molar-refractivity contribution in [2.75, 3.05) is 6.61 Å². The van der Waals surface area contributed by atoms with Crippen LogP contribution in [-0.4, -0.2) is 41.5 Å². The summed E-state index contributed by atoms with van der Waals surface area (Å²) < 4.78 is 24.0. The Labute approximate surface area is 195 Å². The number of rotatable bonds is 10. The average Bonchev–Trinajstić information content (AvgIpc) is 3.28. The Hall–Kier alpha value is -3.01. The SMILES string of the molecule is CCOC(=O)CCC(=O)N[C@H]1CCCC[C@H]1NC(=O)c1csc(COc2ccccc2F)n1. The highest BCUT2D eigenvalue weighted by Gasteiger charge is 2.28. The maximum atomic E-state index is 13.7. The maximum absolute atomic E-state index is 13.7. The number of ether oxygens (including phenoxy) is 2. The molecule has 2 N–H and O–H groups in total. The molecule has 2 aromatic rings. The highest BCUT2D eigenvalue weighted by atomic mass is 32.1. The van der Waals surface area contributed by atoms with Crippen molar-refractivity contribution in [2.24, 2.45) is 0 Å². The van der Waals surface area contributed by atoms with Crippen molar-refractivity contribution < 1.29 is 28.2 Å². The number of halogens is 1. The van der Waals surface area contributed by atoms with Crippen LogP contribution in [0.5, 0.6) is 5.75 Å². The van der Waals surface area contributed by atoms with Crippen molar-refractivity contribution in [2.45, 2.75) is 64.1 Å². The molecular formula is C23H28FN3O5S. The van der Waals surface area contributed by atoms with E-state index in [1.54, 1.807) is 24.4 Å². The summed E-state index contributed by atoms with van der Waals surface area (Å²) in [6.07, 6.45) is 3.45.